The van der Waals surface area contributed by atoms with E-state index in [0.717, 1.165) is 6.61 Å². The summed E-state index contributed by atoms with van der Waals surface area (Å²) in [4.78, 5) is 0. The summed E-state index contributed by atoms with van der Waals surface area (Å²) in [5.41, 5.74) is 5.51. The lowest BCUT2D eigenvalue weighted by Gasteiger charge is -2.11. The van der Waals surface area contributed by atoms with Gasteiger partial charge in [0.15, 0.2) is 0 Å². The Morgan fingerprint density at radius 2 is 1.38 bits per heavy atom. The first kappa shape index (κ1) is 9.61. The van der Waals surface area contributed by atoms with Crippen molar-refractivity contribution in [3.63, 3.8) is 0 Å². The van der Waals surface area contributed by atoms with Gasteiger partial charge < -0.3 is 4.74 Å². The number of ether oxygens (including phenoxy) is 1. The standard InChI is InChI=1S/C15H14O/c1-16-10-15-13-8-4-2-6-11(13)12-7-3-5-9-14(12)15/h2-9,15H,10H2,1H3. The molecule has 0 unspecified atom stereocenters. The maximum absolute atomic E-state index is 5.34. The molecule has 0 N–H and O–H groups in total. The van der Waals surface area contributed by atoms with Crippen LogP contribution in [0.25, 0.3) is 11.1 Å². The second-order valence-electron chi connectivity index (χ2n) is 4.18. The molecule has 0 saturated heterocycles. The third kappa shape index (κ3) is 1.29. The third-order valence-corrected chi connectivity index (χ3v) is 3.30. The van der Waals surface area contributed by atoms with E-state index in [-0.39, 0.29) is 0 Å². The Morgan fingerprint density at radius 1 is 0.875 bits per heavy atom. The second-order valence-corrected chi connectivity index (χ2v) is 4.18. The summed E-state index contributed by atoms with van der Waals surface area (Å²) in [6, 6.07) is 17.2. The van der Waals surface area contributed by atoms with E-state index in [0.29, 0.717) is 5.92 Å². The monoisotopic (exact) mass is 210 g/mol. The molecule has 2 aromatic carbocycles. The molecule has 2 aromatic rings. The minimum atomic E-state index is 0.400. The fourth-order valence-corrected chi connectivity index (χ4v) is 2.61. The van der Waals surface area contributed by atoms with Crippen LogP contribution >= 0.6 is 0 Å². The first-order valence-corrected chi connectivity index (χ1v) is 5.59. The van der Waals surface area contributed by atoms with Crippen molar-refractivity contribution in [2.24, 2.45) is 0 Å². The molecule has 16 heavy (non-hydrogen) atoms. The molecule has 0 amide bonds. The molecule has 0 atom stereocenters. The highest BCUT2D eigenvalue weighted by molar-refractivity contribution is 5.78. The van der Waals surface area contributed by atoms with Gasteiger partial charge in [0.05, 0.1) is 6.61 Å². The summed E-state index contributed by atoms with van der Waals surface area (Å²) in [5.74, 6) is 0.400. The first-order valence-electron chi connectivity index (χ1n) is 5.59. The topological polar surface area (TPSA) is 9.23 Å². The lowest BCUT2D eigenvalue weighted by Crippen LogP contribution is -2.04. The van der Waals surface area contributed by atoms with Crippen molar-refractivity contribution in [2.45, 2.75) is 5.92 Å². The Hall–Kier alpha value is -1.60. The van der Waals surface area contributed by atoms with Crippen LogP contribution in [0.15, 0.2) is 48.5 Å². The molecule has 0 spiro atoms. The van der Waals surface area contributed by atoms with Gasteiger partial charge in [-0.2, -0.15) is 0 Å². The van der Waals surface area contributed by atoms with Gasteiger partial charge in [-0.05, 0) is 22.3 Å². The van der Waals surface area contributed by atoms with Gasteiger partial charge in [0.2, 0.25) is 0 Å². The summed E-state index contributed by atoms with van der Waals surface area (Å²) < 4.78 is 5.34. The molecule has 1 heteroatoms. The van der Waals surface area contributed by atoms with Gasteiger partial charge in [0.25, 0.3) is 0 Å². The predicted octanol–water partition coefficient (Wildman–Crippen LogP) is 3.45. The van der Waals surface area contributed by atoms with Crippen LogP contribution in [0.3, 0.4) is 0 Å². The number of methoxy groups -OCH3 is 1. The van der Waals surface area contributed by atoms with Crippen LogP contribution in [-0.2, 0) is 4.74 Å². The van der Waals surface area contributed by atoms with E-state index < -0.39 is 0 Å². The van der Waals surface area contributed by atoms with Crippen molar-refractivity contribution >= 4 is 0 Å². The average molecular weight is 210 g/mol. The Bertz CT molecular complexity index is 471. The SMILES string of the molecule is COCC1c2ccccc2-c2ccccc21. The highest BCUT2D eigenvalue weighted by atomic mass is 16.5. The maximum atomic E-state index is 5.34. The van der Waals surface area contributed by atoms with Crippen LogP contribution in [0.5, 0.6) is 0 Å². The summed E-state index contributed by atoms with van der Waals surface area (Å²) in [6.07, 6.45) is 0. The van der Waals surface area contributed by atoms with Crippen molar-refractivity contribution in [3.8, 4) is 11.1 Å². The molecular formula is C15H14O. The van der Waals surface area contributed by atoms with Crippen molar-refractivity contribution < 1.29 is 4.74 Å². The van der Waals surface area contributed by atoms with Crippen molar-refractivity contribution in [1.82, 2.24) is 0 Å². The Labute approximate surface area is 95.7 Å². The van der Waals surface area contributed by atoms with Crippen LogP contribution in [0.2, 0.25) is 0 Å². The molecule has 1 aliphatic rings. The number of hydrogen-bond donors (Lipinski definition) is 0. The molecule has 1 nitrogen and oxygen atoms in total. The molecule has 0 aliphatic heterocycles. The number of benzene rings is 2. The van der Waals surface area contributed by atoms with E-state index in [2.05, 4.69) is 48.5 Å². The molecule has 0 fully saturated rings. The Kier molecular flexibility index (Phi) is 2.26. The van der Waals surface area contributed by atoms with Gasteiger partial charge in [0, 0.05) is 13.0 Å². The smallest absolute Gasteiger partial charge is 0.0572 e. The second kappa shape index (κ2) is 3.76. The van der Waals surface area contributed by atoms with Crippen molar-refractivity contribution in [1.29, 1.82) is 0 Å². The van der Waals surface area contributed by atoms with Crippen molar-refractivity contribution in [3.05, 3.63) is 59.7 Å². The van der Waals surface area contributed by atoms with Gasteiger partial charge in [0.1, 0.15) is 0 Å². The van der Waals surface area contributed by atoms with Gasteiger partial charge in [-0.3, -0.25) is 0 Å². The van der Waals surface area contributed by atoms with Gasteiger partial charge in [-0.25, -0.2) is 0 Å². The lowest BCUT2D eigenvalue weighted by molar-refractivity contribution is 0.190. The highest BCUT2D eigenvalue weighted by Crippen LogP contribution is 2.44. The van der Waals surface area contributed by atoms with E-state index in [9.17, 15) is 0 Å². The number of rotatable bonds is 2. The van der Waals surface area contributed by atoms with Crippen LogP contribution in [-0.4, -0.2) is 13.7 Å². The number of hydrogen-bond acceptors (Lipinski definition) is 1. The molecule has 0 saturated carbocycles. The van der Waals surface area contributed by atoms with E-state index in [1.807, 2.05) is 0 Å². The predicted molar refractivity (Wildman–Crippen MR) is 65.6 cm³/mol. The van der Waals surface area contributed by atoms with Crippen LogP contribution in [0.4, 0.5) is 0 Å². The summed E-state index contributed by atoms with van der Waals surface area (Å²) in [7, 11) is 1.77. The fourth-order valence-electron chi connectivity index (χ4n) is 2.61. The number of fused-ring (bicyclic) bond motifs is 3. The molecule has 0 aromatic heterocycles. The maximum Gasteiger partial charge on any atom is 0.0572 e. The average Bonchev–Trinajstić information content (AvgIpc) is 2.66. The zero-order chi connectivity index (χ0) is 11.0. The quantitative estimate of drug-likeness (QED) is 0.737. The molecule has 1 aliphatic carbocycles. The van der Waals surface area contributed by atoms with Crippen molar-refractivity contribution in [2.75, 3.05) is 13.7 Å². The summed E-state index contributed by atoms with van der Waals surface area (Å²) >= 11 is 0. The largest absolute Gasteiger partial charge is 0.384 e. The molecule has 0 radical (unpaired) electrons. The van der Waals surface area contributed by atoms with Crippen LogP contribution in [0, 0.1) is 0 Å². The minimum Gasteiger partial charge on any atom is -0.384 e. The molecule has 0 heterocycles. The minimum absolute atomic E-state index is 0.400. The van der Waals surface area contributed by atoms with Gasteiger partial charge in [-0.15, -0.1) is 0 Å². The molecular weight excluding hydrogens is 196 g/mol. The fraction of sp³-hybridized carbons (Fsp3) is 0.200. The zero-order valence-corrected chi connectivity index (χ0v) is 9.31. The normalized spacial score (nSPS) is 13.6. The van der Waals surface area contributed by atoms with E-state index in [1.54, 1.807) is 7.11 Å². The van der Waals surface area contributed by atoms with E-state index in [4.69, 9.17) is 4.74 Å². The van der Waals surface area contributed by atoms with Gasteiger partial charge in [-0.1, -0.05) is 48.5 Å². The van der Waals surface area contributed by atoms with Crippen LogP contribution in [0.1, 0.15) is 17.0 Å². The summed E-state index contributed by atoms with van der Waals surface area (Å²) in [6.45, 7) is 0.758. The molecule has 0 bridgehead atoms. The highest BCUT2D eigenvalue weighted by Gasteiger charge is 2.27. The third-order valence-electron chi connectivity index (χ3n) is 3.30. The van der Waals surface area contributed by atoms with E-state index >= 15 is 0 Å². The summed E-state index contributed by atoms with van der Waals surface area (Å²) in [5, 5.41) is 0. The molecule has 3 rings (SSSR count). The molecule has 80 valence electrons. The lowest BCUT2D eigenvalue weighted by atomic mass is 9.98. The van der Waals surface area contributed by atoms with Gasteiger partial charge >= 0.3 is 0 Å². The first-order chi connectivity index (χ1) is 7.92. The van der Waals surface area contributed by atoms with Crippen LogP contribution < -0.4 is 0 Å². The Morgan fingerprint density at radius 3 is 1.88 bits per heavy atom. The zero-order valence-electron chi connectivity index (χ0n) is 9.31. The van der Waals surface area contributed by atoms with E-state index in [1.165, 1.54) is 22.3 Å². The Balaban J connectivity index is 2.21.